The van der Waals surface area contributed by atoms with E-state index in [2.05, 4.69) is 16.0 Å². The summed E-state index contributed by atoms with van der Waals surface area (Å²) < 4.78 is 0. The number of benzene rings is 2. The van der Waals surface area contributed by atoms with Crippen LogP contribution in [0.3, 0.4) is 0 Å². The van der Waals surface area contributed by atoms with Crippen LogP contribution in [0.5, 0.6) is 0 Å². The summed E-state index contributed by atoms with van der Waals surface area (Å²) in [5, 5.41) is 19.7. The van der Waals surface area contributed by atoms with Gasteiger partial charge in [-0.15, -0.1) is 0 Å². The minimum absolute atomic E-state index is 0.0878. The number of nitro groups is 1. The lowest BCUT2D eigenvalue weighted by Gasteiger charge is -2.22. The molecule has 0 aromatic heterocycles. The zero-order chi connectivity index (χ0) is 26.4. The SMILES string of the molecule is O=C(Nc1cc([N+](=O)[O-])ccc1Cl)c1cc(NC(=O)C2CCCCC2)cc(NC(=O)C2CCCCC2)c1. The minimum atomic E-state index is -0.579. The van der Waals surface area contributed by atoms with Crippen molar-refractivity contribution in [2.75, 3.05) is 16.0 Å². The molecular formula is C27H31ClN4O5. The van der Waals surface area contributed by atoms with Crippen LogP contribution in [0, 0.1) is 22.0 Å². The highest BCUT2D eigenvalue weighted by Gasteiger charge is 2.24. The van der Waals surface area contributed by atoms with Gasteiger partial charge in [-0.05, 0) is 49.9 Å². The first-order valence-electron chi connectivity index (χ1n) is 12.8. The maximum absolute atomic E-state index is 13.2. The number of non-ortho nitro benzene ring substituents is 1. The van der Waals surface area contributed by atoms with Gasteiger partial charge in [-0.25, -0.2) is 0 Å². The number of halogens is 1. The smallest absolute Gasteiger partial charge is 0.271 e. The Balaban J connectivity index is 1.58. The summed E-state index contributed by atoms with van der Waals surface area (Å²) in [7, 11) is 0. The normalized spacial score (nSPS) is 16.6. The molecular weight excluding hydrogens is 496 g/mol. The largest absolute Gasteiger partial charge is 0.326 e. The monoisotopic (exact) mass is 526 g/mol. The van der Waals surface area contributed by atoms with Crippen molar-refractivity contribution < 1.29 is 19.3 Å². The van der Waals surface area contributed by atoms with Gasteiger partial charge in [0, 0.05) is 40.9 Å². The first-order chi connectivity index (χ1) is 17.8. The Labute approximate surface area is 220 Å². The number of nitrogens with one attached hydrogen (secondary N) is 3. The maximum atomic E-state index is 13.2. The Bertz CT molecular complexity index is 1140. The zero-order valence-corrected chi connectivity index (χ0v) is 21.3. The molecule has 4 rings (SSSR count). The Hall–Kier alpha value is -3.46. The van der Waals surface area contributed by atoms with Crippen molar-refractivity contribution in [3.63, 3.8) is 0 Å². The molecule has 2 aromatic rings. The fourth-order valence-corrected chi connectivity index (χ4v) is 5.20. The molecule has 2 saturated carbocycles. The van der Waals surface area contributed by atoms with E-state index in [1.54, 1.807) is 6.07 Å². The van der Waals surface area contributed by atoms with Gasteiger partial charge < -0.3 is 16.0 Å². The van der Waals surface area contributed by atoms with Crippen LogP contribution in [0.4, 0.5) is 22.7 Å². The number of hydrogen-bond acceptors (Lipinski definition) is 5. The molecule has 10 heteroatoms. The highest BCUT2D eigenvalue weighted by molar-refractivity contribution is 6.34. The number of anilines is 3. The van der Waals surface area contributed by atoms with Gasteiger partial charge in [0.15, 0.2) is 0 Å². The van der Waals surface area contributed by atoms with Crippen LogP contribution in [-0.4, -0.2) is 22.6 Å². The number of hydrogen-bond donors (Lipinski definition) is 3. The third-order valence-electron chi connectivity index (χ3n) is 7.09. The second-order valence-electron chi connectivity index (χ2n) is 9.82. The molecule has 196 valence electrons. The van der Waals surface area contributed by atoms with Crippen molar-refractivity contribution in [2.24, 2.45) is 11.8 Å². The number of carbonyl (C=O) groups excluding carboxylic acids is 3. The van der Waals surface area contributed by atoms with Gasteiger partial charge in [0.05, 0.1) is 15.6 Å². The average molecular weight is 527 g/mol. The lowest BCUT2D eigenvalue weighted by Crippen LogP contribution is -2.26. The zero-order valence-electron chi connectivity index (χ0n) is 20.6. The van der Waals surface area contributed by atoms with Gasteiger partial charge in [-0.1, -0.05) is 50.1 Å². The van der Waals surface area contributed by atoms with Gasteiger partial charge in [0.2, 0.25) is 11.8 Å². The fourth-order valence-electron chi connectivity index (χ4n) is 5.04. The van der Waals surface area contributed by atoms with E-state index >= 15 is 0 Å². The van der Waals surface area contributed by atoms with E-state index in [-0.39, 0.29) is 45.6 Å². The van der Waals surface area contributed by atoms with Crippen LogP contribution < -0.4 is 16.0 Å². The maximum Gasteiger partial charge on any atom is 0.271 e. The van der Waals surface area contributed by atoms with Gasteiger partial charge in [-0.3, -0.25) is 24.5 Å². The van der Waals surface area contributed by atoms with Crippen molar-refractivity contribution in [3.8, 4) is 0 Å². The molecule has 3 N–H and O–H groups in total. The van der Waals surface area contributed by atoms with Gasteiger partial charge in [0.25, 0.3) is 11.6 Å². The molecule has 37 heavy (non-hydrogen) atoms. The molecule has 0 spiro atoms. The quantitative estimate of drug-likeness (QED) is 0.278. The second kappa shape index (κ2) is 12.2. The average Bonchev–Trinajstić information content (AvgIpc) is 2.90. The lowest BCUT2D eigenvalue weighted by molar-refractivity contribution is -0.384. The molecule has 2 aliphatic rings. The summed E-state index contributed by atoms with van der Waals surface area (Å²) in [6.45, 7) is 0. The summed E-state index contributed by atoms with van der Waals surface area (Å²) in [5.74, 6) is -0.971. The number of nitrogens with zero attached hydrogens (tertiary/aromatic N) is 1. The first kappa shape index (κ1) is 26.6. The van der Waals surface area contributed by atoms with E-state index in [0.717, 1.165) is 64.2 Å². The van der Waals surface area contributed by atoms with Crippen LogP contribution in [0.25, 0.3) is 0 Å². The van der Waals surface area contributed by atoms with Crippen LogP contribution in [0.1, 0.15) is 74.6 Å². The Morgan fingerprint density at radius 3 is 1.76 bits per heavy atom. The molecule has 0 radical (unpaired) electrons. The number of rotatable bonds is 7. The molecule has 3 amide bonds. The third-order valence-corrected chi connectivity index (χ3v) is 7.42. The van der Waals surface area contributed by atoms with E-state index in [1.807, 2.05) is 0 Å². The predicted molar refractivity (Wildman–Crippen MR) is 143 cm³/mol. The summed E-state index contributed by atoms with van der Waals surface area (Å²) in [6, 6.07) is 8.47. The predicted octanol–water partition coefficient (Wildman–Crippen LogP) is 6.54. The molecule has 2 fully saturated rings. The van der Waals surface area contributed by atoms with Gasteiger partial charge >= 0.3 is 0 Å². The lowest BCUT2D eigenvalue weighted by atomic mass is 9.88. The fraction of sp³-hybridized carbons (Fsp3) is 0.444. The van der Waals surface area contributed by atoms with Crippen molar-refractivity contribution in [2.45, 2.75) is 64.2 Å². The van der Waals surface area contributed by atoms with Crippen molar-refractivity contribution >= 4 is 52.1 Å². The molecule has 2 aromatic carbocycles. The van der Waals surface area contributed by atoms with Crippen LogP contribution in [-0.2, 0) is 9.59 Å². The summed E-state index contributed by atoms with van der Waals surface area (Å²) in [4.78, 5) is 49.5. The number of carbonyl (C=O) groups is 3. The summed E-state index contributed by atoms with van der Waals surface area (Å²) >= 11 is 6.15. The van der Waals surface area contributed by atoms with E-state index < -0.39 is 10.8 Å². The summed E-state index contributed by atoms with van der Waals surface area (Å²) in [6.07, 6.45) is 9.56. The highest BCUT2D eigenvalue weighted by Crippen LogP contribution is 2.30. The number of amides is 3. The molecule has 0 bridgehead atoms. The van der Waals surface area contributed by atoms with Crippen LogP contribution in [0.2, 0.25) is 5.02 Å². The van der Waals surface area contributed by atoms with Gasteiger partial charge in [-0.2, -0.15) is 0 Å². The highest BCUT2D eigenvalue weighted by atomic mass is 35.5. The third kappa shape index (κ3) is 7.07. The topological polar surface area (TPSA) is 130 Å². The molecule has 2 aliphatic carbocycles. The van der Waals surface area contributed by atoms with Crippen molar-refractivity contribution in [1.82, 2.24) is 0 Å². The standard InChI is InChI=1S/C27H31ClN4O5/c28-23-12-11-22(32(36)37)16-24(23)31-27(35)19-13-20(29-25(33)17-7-3-1-4-8-17)15-21(14-19)30-26(34)18-9-5-2-6-10-18/h11-18H,1-10H2,(H,29,33)(H,30,34)(H,31,35). The minimum Gasteiger partial charge on any atom is -0.326 e. The molecule has 0 saturated heterocycles. The first-order valence-corrected chi connectivity index (χ1v) is 13.2. The molecule has 0 heterocycles. The van der Waals surface area contributed by atoms with Crippen molar-refractivity contribution in [1.29, 1.82) is 0 Å². The molecule has 9 nitrogen and oxygen atoms in total. The second-order valence-corrected chi connectivity index (χ2v) is 10.2. The Kier molecular flexibility index (Phi) is 8.76. The van der Waals surface area contributed by atoms with Crippen molar-refractivity contribution in [3.05, 3.63) is 57.1 Å². The molecule has 0 atom stereocenters. The molecule has 0 unspecified atom stereocenters. The number of nitro benzene ring substituents is 1. The Morgan fingerprint density at radius 1 is 0.757 bits per heavy atom. The van der Waals surface area contributed by atoms with E-state index in [4.69, 9.17) is 11.6 Å². The van der Waals surface area contributed by atoms with Crippen LogP contribution >= 0.6 is 11.6 Å². The van der Waals surface area contributed by atoms with Gasteiger partial charge in [0.1, 0.15) is 0 Å². The van der Waals surface area contributed by atoms with Crippen LogP contribution in [0.15, 0.2) is 36.4 Å². The Morgan fingerprint density at radius 2 is 1.27 bits per heavy atom. The van der Waals surface area contributed by atoms with E-state index in [1.165, 1.54) is 30.3 Å². The van der Waals surface area contributed by atoms with E-state index in [0.29, 0.717) is 11.4 Å². The summed E-state index contributed by atoms with van der Waals surface area (Å²) in [5.41, 5.74) is 0.835. The van der Waals surface area contributed by atoms with E-state index in [9.17, 15) is 24.5 Å². The molecule has 0 aliphatic heterocycles.